The van der Waals surface area contributed by atoms with Gasteiger partial charge in [-0.05, 0) is 150 Å². The molecule has 129 heavy (non-hydrogen) atoms. The number of anilines is 2. The monoisotopic (exact) mass is 1710 g/mol. The first-order valence-electron chi connectivity index (χ1n) is 41.9. The lowest BCUT2D eigenvalue weighted by Crippen LogP contribution is -2.54. The van der Waals surface area contributed by atoms with Crippen LogP contribution in [0.5, 0.6) is 0 Å². The maximum absolute atomic E-state index is 12.5. The van der Waals surface area contributed by atoms with E-state index in [1.54, 1.807) is 170 Å². The molecule has 0 bridgehead atoms. The first kappa shape index (κ1) is 85.7. The molecule has 13 aromatic rings. The number of hydrogen-bond donors (Lipinski definition) is 4. The van der Waals surface area contributed by atoms with Crippen molar-refractivity contribution in [3.8, 4) is 0 Å². The van der Waals surface area contributed by atoms with Crippen molar-refractivity contribution in [2.24, 2.45) is 0 Å². The Labute approximate surface area is 740 Å². The lowest BCUT2D eigenvalue weighted by Gasteiger charge is -2.28. The SMILES string of the molecule is CCC(c1ccccc1)N1C(=O)c2ccccc2C1=O.O=C1CCC(N2C(=O)c3ccccc3C2=O)C(=O)N1.O=C1NC(c2ccccc2)C(=O)c2ccccc21.O=C1NC(c2ccccc2)Nc2ccccc21.O=C1c2ccccc2C(=O)N1C1CCc2ccccc21.O=C1c2ccccc2C(=O)N1Cc1ccccc1.O=C1c2ccccc2C(=O)N1c1ccccc1. The van der Waals surface area contributed by atoms with Crippen molar-refractivity contribution >= 4 is 99.9 Å². The van der Waals surface area contributed by atoms with Gasteiger partial charge in [0.15, 0.2) is 5.78 Å². The highest BCUT2D eigenvalue weighted by atomic mass is 16.2. The van der Waals surface area contributed by atoms with Crippen LogP contribution in [0.3, 0.4) is 0 Å². The van der Waals surface area contributed by atoms with Gasteiger partial charge in [0.2, 0.25) is 11.8 Å². The fourth-order valence-electron chi connectivity index (χ4n) is 16.8. The maximum atomic E-state index is 12.5. The van der Waals surface area contributed by atoms with Crippen LogP contribution in [0.1, 0.15) is 225 Å². The third-order valence-electron chi connectivity index (χ3n) is 23.2. The molecule has 8 aliphatic heterocycles. The molecule has 5 atom stereocenters. The molecule has 9 aliphatic rings. The minimum atomic E-state index is -0.898. The van der Waals surface area contributed by atoms with Crippen LogP contribution in [0.4, 0.5) is 11.4 Å². The molecule has 8 heterocycles. The van der Waals surface area contributed by atoms with Crippen LogP contribution in [-0.4, -0.2) is 114 Å². The number of hydrogen-bond acceptors (Lipinski definition) is 16. The van der Waals surface area contributed by atoms with E-state index in [9.17, 15) is 71.9 Å². The predicted octanol–water partition coefficient (Wildman–Crippen LogP) is 16.4. The van der Waals surface area contributed by atoms with E-state index < -0.39 is 29.8 Å². The molecule has 0 spiro atoms. The maximum Gasteiger partial charge on any atom is 0.266 e. The van der Waals surface area contributed by atoms with Crippen LogP contribution in [0.25, 0.3) is 0 Å². The Hall–Kier alpha value is -16.9. The molecule has 636 valence electrons. The topological polar surface area (TPSA) is 320 Å². The number of amides is 14. The van der Waals surface area contributed by atoms with Crippen molar-refractivity contribution < 1.29 is 71.9 Å². The van der Waals surface area contributed by atoms with Crippen molar-refractivity contribution in [1.29, 1.82) is 0 Å². The number of ketones is 1. The fraction of sp³-hybridized carbons (Fsp3) is 0.114. The fourth-order valence-corrected chi connectivity index (χ4v) is 16.8. The van der Waals surface area contributed by atoms with Gasteiger partial charge < -0.3 is 16.0 Å². The third-order valence-corrected chi connectivity index (χ3v) is 23.2. The first-order valence-corrected chi connectivity index (χ1v) is 41.9. The van der Waals surface area contributed by atoms with Crippen LogP contribution in [0.15, 0.2) is 346 Å². The molecular weight excluding hydrogens is 1630 g/mol. The molecule has 0 aromatic heterocycles. The summed E-state index contributed by atoms with van der Waals surface area (Å²) in [5, 5.41) is 11.2. The summed E-state index contributed by atoms with van der Waals surface area (Å²) in [5.74, 6) is -3.84. The average Bonchev–Trinajstić information content (AvgIpc) is 1.58. The summed E-state index contributed by atoms with van der Waals surface area (Å²) in [4.78, 5) is 188. The standard InChI is InChI=1S/C17H13NO2.C17H15NO2.2C15H11NO2.C14H12N2O.C14H9NO2.C13H10N2O4/c19-16-13-7-3-4-8-14(13)17(20)18(16)15-10-9-11-5-1-2-6-12(11)15;1-2-15(12-8-4-3-5-9-12)18-16(19)13-10-6-7-11-14(13)17(18)20;17-14-12-8-4-5-9-13(12)15(18)16(14)10-11-6-2-1-3-7-11;17-14-11-8-4-5-9-12(11)15(18)16-13(14)10-6-2-1-3-7-10;17-14-11-8-4-5-9-12(11)15-13(16-14)10-6-2-1-3-7-10;16-13-11-8-4-5-9-12(11)14(17)15(13)10-6-2-1-3-7-10;16-10-6-5-9(11(17)14-10)15-12(18)7-3-1-2-4-8(7)13(15)19/h1-8,15H,9-10H2;3-11,15H,2H2,1H3;1-9H,10H2;1-9,13H,(H,16,18);1-9,13,15H,(H,16,17);1-9H;1-4,9H,5-6H2,(H,14,16,17). The van der Waals surface area contributed by atoms with Crippen LogP contribution in [0.2, 0.25) is 0 Å². The lowest BCUT2D eigenvalue weighted by molar-refractivity contribution is -0.136. The molecular formula is C105H81N9O15. The highest BCUT2D eigenvalue weighted by molar-refractivity contribution is 6.34. The second-order valence-electron chi connectivity index (χ2n) is 30.9. The van der Waals surface area contributed by atoms with E-state index in [4.69, 9.17) is 0 Å². The number of Topliss-reactive ketones (excluding diaryl/α,β-unsaturated/α-hetero) is 1. The number of carbonyl (C=O) groups excluding carboxylic acids is 15. The third kappa shape index (κ3) is 17.5. The Morgan fingerprint density at radius 3 is 1.18 bits per heavy atom. The molecule has 1 saturated heterocycles. The van der Waals surface area contributed by atoms with E-state index in [-0.39, 0.29) is 102 Å². The number of benzene rings is 13. The van der Waals surface area contributed by atoms with E-state index in [1.165, 1.54) is 25.2 Å². The zero-order valence-corrected chi connectivity index (χ0v) is 69.4. The molecule has 5 unspecified atom stereocenters. The predicted molar refractivity (Wildman–Crippen MR) is 479 cm³/mol. The Morgan fingerprint density at radius 1 is 0.318 bits per heavy atom. The van der Waals surface area contributed by atoms with Crippen molar-refractivity contribution in [2.45, 2.75) is 75.9 Å². The zero-order chi connectivity index (χ0) is 89.9. The quantitative estimate of drug-likeness (QED) is 0.0925. The number of nitrogens with one attached hydrogen (secondary N) is 4. The highest BCUT2D eigenvalue weighted by Crippen LogP contribution is 2.41. The molecule has 1 aliphatic carbocycles. The van der Waals surface area contributed by atoms with Gasteiger partial charge in [-0.25, -0.2) is 4.90 Å². The Kier molecular flexibility index (Phi) is 25.3. The van der Waals surface area contributed by atoms with E-state index in [2.05, 4.69) is 27.3 Å². The second kappa shape index (κ2) is 38.1. The van der Waals surface area contributed by atoms with Crippen LogP contribution in [0, 0.1) is 0 Å². The van der Waals surface area contributed by atoms with Crippen LogP contribution in [-0.2, 0) is 22.6 Å². The molecule has 0 saturated carbocycles. The number of imide groups is 6. The number of aryl methyl sites for hydroxylation is 1. The summed E-state index contributed by atoms with van der Waals surface area (Å²) in [6, 6.07) is 102. The van der Waals surface area contributed by atoms with Crippen LogP contribution < -0.4 is 26.2 Å². The molecule has 1 fully saturated rings. The minimum Gasteiger partial charge on any atom is -0.361 e. The first-order chi connectivity index (χ1) is 62.8. The number of rotatable bonds is 10. The van der Waals surface area contributed by atoms with Gasteiger partial charge in [0.05, 0.1) is 91.1 Å². The normalized spacial score (nSPS) is 17.5. The zero-order valence-electron chi connectivity index (χ0n) is 69.4. The Balaban J connectivity index is 0.000000110. The van der Waals surface area contributed by atoms with Gasteiger partial charge in [-0.3, -0.25) is 96.8 Å². The number of carbonyl (C=O) groups is 15. The summed E-state index contributed by atoms with van der Waals surface area (Å²) in [7, 11) is 0. The summed E-state index contributed by atoms with van der Waals surface area (Å²) >= 11 is 0. The van der Waals surface area contributed by atoms with Crippen molar-refractivity contribution in [2.75, 3.05) is 10.2 Å². The molecule has 24 nitrogen and oxygen atoms in total. The summed E-state index contributed by atoms with van der Waals surface area (Å²) < 4.78 is 0. The van der Waals surface area contributed by atoms with E-state index in [0.29, 0.717) is 91.0 Å². The largest absolute Gasteiger partial charge is 0.361 e. The molecule has 0 radical (unpaired) electrons. The van der Waals surface area contributed by atoms with Crippen LogP contribution >= 0.6 is 0 Å². The van der Waals surface area contributed by atoms with Gasteiger partial charge in [0.1, 0.15) is 18.2 Å². The highest BCUT2D eigenvalue weighted by Gasteiger charge is 2.47. The van der Waals surface area contributed by atoms with Gasteiger partial charge in [-0.2, -0.15) is 0 Å². The molecule has 4 N–H and O–H groups in total. The van der Waals surface area contributed by atoms with E-state index in [0.717, 1.165) is 51.2 Å². The summed E-state index contributed by atoms with van der Waals surface area (Å²) in [6.07, 6.45) is 2.60. The number of piperidine rings is 1. The smallest absolute Gasteiger partial charge is 0.266 e. The average molecular weight is 1710 g/mol. The van der Waals surface area contributed by atoms with E-state index >= 15 is 0 Å². The van der Waals surface area contributed by atoms with Gasteiger partial charge in [0, 0.05) is 17.7 Å². The lowest BCUT2D eigenvalue weighted by atomic mass is 9.90. The molecule has 22 rings (SSSR count). The summed E-state index contributed by atoms with van der Waals surface area (Å²) in [6.45, 7) is 2.31. The van der Waals surface area contributed by atoms with Gasteiger partial charge in [0.25, 0.3) is 70.9 Å². The summed E-state index contributed by atoms with van der Waals surface area (Å²) in [5.41, 5.74) is 13.9. The minimum absolute atomic E-state index is 0.0341. The molecule has 24 heteroatoms. The van der Waals surface area contributed by atoms with Crippen molar-refractivity contribution in [3.63, 3.8) is 0 Å². The number of fused-ring (bicyclic) bond motifs is 8. The Bertz CT molecular complexity index is 6400. The van der Waals surface area contributed by atoms with Gasteiger partial charge >= 0.3 is 0 Å². The molecule has 14 amide bonds. The Morgan fingerprint density at radius 2 is 0.690 bits per heavy atom. The second-order valence-corrected chi connectivity index (χ2v) is 30.9. The van der Waals surface area contributed by atoms with Crippen molar-refractivity contribution in [1.82, 2.24) is 35.6 Å². The van der Waals surface area contributed by atoms with Crippen molar-refractivity contribution in [3.05, 3.63) is 451 Å². The van der Waals surface area contributed by atoms with Gasteiger partial charge in [-0.15, -0.1) is 0 Å². The van der Waals surface area contributed by atoms with Gasteiger partial charge in [-0.1, -0.05) is 262 Å². The number of nitrogens with zero attached hydrogens (tertiary/aromatic N) is 5. The van der Waals surface area contributed by atoms with E-state index in [1.807, 2.05) is 177 Å². The molecule has 13 aromatic carbocycles. The number of para-hydroxylation sites is 2.